The first-order valence-corrected chi connectivity index (χ1v) is 8.99. The van der Waals surface area contributed by atoms with E-state index in [1.165, 1.54) is 0 Å². The smallest absolute Gasteiger partial charge is 0.264 e. The molecule has 120 valence electrons. The Bertz CT molecular complexity index is 723. The Morgan fingerprint density at radius 2 is 2.04 bits per heavy atom. The number of halogens is 2. The van der Waals surface area contributed by atoms with E-state index in [-0.39, 0.29) is 12.5 Å². The number of carbonyl (C=O) groups is 1. The van der Waals surface area contributed by atoms with Crippen molar-refractivity contribution in [2.75, 3.05) is 23.8 Å². The first-order valence-electron chi connectivity index (χ1n) is 7.25. The molecule has 0 saturated heterocycles. The molecule has 23 heavy (non-hydrogen) atoms. The van der Waals surface area contributed by atoms with Gasteiger partial charge in [0, 0.05) is 16.5 Å². The number of thioether (sulfide) groups is 1. The zero-order chi connectivity index (χ0) is 16.2. The van der Waals surface area contributed by atoms with Crippen molar-refractivity contribution in [2.45, 2.75) is 11.3 Å². The monoisotopic (exact) mass is 367 g/mol. The molecule has 1 aliphatic heterocycles. The Morgan fingerprint density at radius 3 is 2.87 bits per heavy atom. The largest absolute Gasteiger partial charge is 0.482 e. The first kappa shape index (κ1) is 16.5. The van der Waals surface area contributed by atoms with Gasteiger partial charge in [0.15, 0.2) is 6.61 Å². The van der Waals surface area contributed by atoms with Crippen molar-refractivity contribution in [3.05, 3.63) is 52.5 Å². The number of ether oxygens (including phenoxy) is 1. The van der Waals surface area contributed by atoms with Crippen molar-refractivity contribution in [2.24, 2.45) is 0 Å². The van der Waals surface area contributed by atoms with E-state index in [9.17, 15) is 4.79 Å². The van der Waals surface area contributed by atoms with E-state index in [4.69, 9.17) is 27.9 Å². The second-order valence-electron chi connectivity index (χ2n) is 5.08. The fourth-order valence-electron chi connectivity index (χ4n) is 2.40. The highest BCUT2D eigenvalue weighted by Gasteiger charge is 2.21. The molecule has 2 aromatic rings. The average Bonchev–Trinajstić information content (AvgIpc) is 2.76. The lowest BCUT2D eigenvalue weighted by atomic mass is 10.2. The summed E-state index contributed by atoms with van der Waals surface area (Å²) in [6.07, 6.45) is 0.951. The molecule has 0 spiro atoms. The standard InChI is InChI=1S/C17H15Cl2NO2S/c18-12-6-7-15(13(19)10-12)22-11-17(21)20-8-3-9-23-16-5-2-1-4-14(16)20/h1-2,4-7,10H,3,8-9,11H2. The van der Waals surface area contributed by atoms with Crippen LogP contribution >= 0.6 is 35.0 Å². The molecule has 0 bridgehead atoms. The van der Waals surface area contributed by atoms with Gasteiger partial charge in [0.1, 0.15) is 5.75 Å². The SMILES string of the molecule is O=C(COc1ccc(Cl)cc1Cl)N1CCCSc2ccccc21. The summed E-state index contributed by atoms with van der Waals surface area (Å²) < 4.78 is 5.57. The molecule has 0 radical (unpaired) electrons. The normalized spacial score (nSPS) is 14.1. The van der Waals surface area contributed by atoms with Crippen LogP contribution in [-0.2, 0) is 4.79 Å². The predicted molar refractivity (Wildman–Crippen MR) is 96.1 cm³/mol. The van der Waals surface area contributed by atoms with E-state index in [2.05, 4.69) is 0 Å². The van der Waals surface area contributed by atoms with Crippen LogP contribution in [0.15, 0.2) is 47.4 Å². The van der Waals surface area contributed by atoms with Gasteiger partial charge in [-0.05, 0) is 42.5 Å². The molecule has 0 N–H and O–H groups in total. The molecule has 6 heteroatoms. The summed E-state index contributed by atoms with van der Waals surface area (Å²) in [6.45, 7) is 0.640. The quantitative estimate of drug-likeness (QED) is 0.772. The van der Waals surface area contributed by atoms with Crippen molar-refractivity contribution in [1.82, 2.24) is 0 Å². The van der Waals surface area contributed by atoms with Gasteiger partial charge in [0.05, 0.1) is 10.7 Å². The maximum atomic E-state index is 12.6. The maximum absolute atomic E-state index is 12.6. The molecule has 0 atom stereocenters. The summed E-state index contributed by atoms with van der Waals surface area (Å²) in [5, 5.41) is 0.935. The van der Waals surface area contributed by atoms with Crippen LogP contribution in [-0.4, -0.2) is 24.8 Å². The number of fused-ring (bicyclic) bond motifs is 1. The fraction of sp³-hybridized carbons (Fsp3) is 0.235. The third kappa shape index (κ3) is 3.94. The van der Waals surface area contributed by atoms with Crippen LogP contribution in [0.25, 0.3) is 0 Å². The number of para-hydroxylation sites is 1. The summed E-state index contributed by atoms with van der Waals surface area (Å²) in [5.74, 6) is 1.39. The predicted octanol–water partition coefficient (Wildman–Crippen LogP) is 4.90. The summed E-state index contributed by atoms with van der Waals surface area (Å²) >= 11 is 13.7. The van der Waals surface area contributed by atoms with Crippen molar-refractivity contribution in [3.63, 3.8) is 0 Å². The molecule has 0 fully saturated rings. The van der Waals surface area contributed by atoms with Crippen molar-refractivity contribution in [3.8, 4) is 5.75 Å². The summed E-state index contributed by atoms with van der Waals surface area (Å²) in [6, 6.07) is 12.9. The molecular weight excluding hydrogens is 353 g/mol. The van der Waals surface area contributed by atoms with Gasteiger partial charge in [-0.15, -0.1) is 11.8 Å². The first-order chi connectivity index (χ1) is 11.1. The Morgan fingerprint density at radius 1 is 1.22 bits per heavy atom. The minimum atomic E-state index is -0.0778. The Balaban J connectivity index is 1.73. The highest BCUT2D eigenvalue weighted by atomic mass is 35.5. The molecular formula is C17H15Cl2NO2S. The molecule has 2 aromatic carbocycles. The highest BCUT2D eigenvalue weighted by molar-refractivity contribution is 7.99. The van der Waals surface area contributed by atoms with Crippen LogP contribution < -0.4 is 9.64 Å². The summed E-state index contributed by atoms with van der Waals surface area (Å²) in [4.78, 5) is 15.5. The molecule has 0 unspecified atom stereocenters. The number of benzene rings is 2. The van der Waals surface area contributed by atoms with Gasteiger partial charge in [-0.1, -0.05) is 35.3 Å². The lowest BCUT2D eigenvalue weighted by Crippen LogP contribution is -2.35. The van der Waals surface area contributed by atoms with Crippen molar-refractivity contribution >= 4 is 46.6 Å². The molecule has 3 nitrogen and oxygen atoms in total. The van der Waals surface area contributed by atoms with Crippen LogP contribution in [0.2, 0.25) is 10.0 Å². The second-order valence-corrected chi connectivity index (χ2v) is 7.06. The fourth-order valence-corrected chi connectivity index (χ4v) is 3.85. The van der Waals surface area contributed by atoms with E-state index in [0.717, 1.165) is 22.8 Å². The Hall–Kier alpha value is -1.36. The average molecular weight is 368 g/mol. The third-order valence-electron chi connectivity index (χ3n) is 3.49. The van der Waals surface area contributed by atoms with E-state index < -0.39 is 0 Å². The Kier molecular flexibility index (Phi) is 5.36. The number of rotatable bonds is 3. The summed E-state index contributed by atoms with van der Waals surface area (Å²) in [5.41, 5.74) is 0.950. The van der Waals surface area contributed by atoms with Gasteiger partial charge in [-0.3, -0.25) is 4.79 Å². The molecule has 1 aliphatic rings. The van der Waals surface area contributed by atoms with Crippen molar-refractivity contribution in [1.29, 1.82) is 0 Å². The number of hydrogen-bond donors (Lipinski definition) is 0. The minimum absolute atomic E-state index is 0.0552. The number of amides is 1. The molecule has 3 rings (SSSR count). The molecule has 0 aliphatic carbocycles. The topological polar surface area (TPSA) is 29.5 Å². The van der Waals surface area contributed by atoms with Gasteiger partial charge < -0.3 is 9.64 Å². The van der Waals surface area contributed by atoms with Crippen LogP contribution in [0.3, 0.4) is 0 Å². The minimum Gasteiger partial charge on any atom is -0.482 e. The molecule has 1 heterocycles. The van der Waals surface area contributed by atoms with Gasteiger partial charge in [-0.25, -0.2) is 0 Å². The van der Waals surface area contributed by atoms with Gasteiger partial charge in [0.25, 0.3) is 5.91 Å². The number of carbonyl (C=O) groups excluding carboxylic acids is 1. The number of anilines is 1. The van der Waals surface area contributed by atoms with Gasteiger partial charge in [0.2, 0.25) is 0 Å². The van der Waals surface area contributed by atoms with Crippen LogP contribution in [0, 0.1) is 0 Å². The highest BCUT2D eigenvalue weighted by Crippen LogP contribution is 2.34. The van der Waals surface area contributed by atoms with Crippen molar-refractivity contribution < 1.29 is 9.53 Å². The number of nitrogens with zero attached hydrogens (tertiary/aromatic N) is 1. The third-order valence-corrected chi connectivity index (χ3v) is 5.17. The number of hydrogen-bond acceptors (Lipinski definition) is 3. The lowest BCUT2D eigenvalue weighted by Gasteiger charge is -2.22. The lowest BCUT2D eigenvalue weighted by molar-refractivity contribution is -0.120. The second kappa shape index (κ2) is 7.47. The Labute approximate surface area is 149 Å². The van der Waals surface area contributed by atoms with Gasteiger partial charge >= 0.3 is 0 Å². The maximum Gasteiger partial charge on any atom is 0.264 e. The zero-order valence-corrected chi connectivity index (χ0v) is 14.6. The van der Waals surface area contributed by atoms with E-state index >= 15 is 0 Å². The zero-order valence-electron chi connectivity index (χ0n) is 12.3. The van der Waals surface area contributed by atoms with Crippen LogP contribution in [0.1, 0.15) is 6.42 Å². The van der Waals surface area contributed by atoms with E-state index in [0.29, 0.717) is 22.3 Å². The van der Waals surface area contributed by atoms with E-state index in [1.54, 1.807) is 34.9 Å². The molecule has 0 aromatic heterocycles. The van der Waals surface area contributed by atoms with Gasteiger partial charge in [-0.2, -0.15) is 0 Å². The molecule has 1 amide bonds. The van der Waals surface area contributed by atoms with Crippen LogP contribution in [0.5, 0.6) is 5.75 Å². The van der Waals surface area contributed by atoms with Crippen LogP contribution in [0.4, 0.5) is 5.69 Å². The van der Waals surface area contributed by atoms with E-state index in [1.807, 2.05) is 24.3 Å². The molecule has 0 saturated carbocycles. The summed E-state index contributed by atoms with van der Waals surface area (Å²) in [7, 11) is 0.